The molecular formula is C8H15N3O3. The highest BCUT2D eigenvalue weighted by Gasteiger charge is 1.99. The molecular weight excluding hydrogens is 186 g/mol. The van der Waals surface area contributed by atoms with Gasteiger partial charge in [0.15, 0.2) is 0 Å². The summed E-state index contributed by atoms with van der Waals surface area (Å²) in [6.07, 6.45) is 1.48. The maximum atomic E-state index is 11.3. The molecule has 6 heteroatoms. The van der Waals surface area contributed by atoms with Gasteiger partial charge in [-0.25, -0.2) is 9.48 Å². The number of rotatable bonds is 6. The third kappa shape index (κ3) is 2.97. The van der Waals surface area contributed by atoms with Crippen LogP contribution in [-0.4, -0.2) is 41.3 Å². The zero-order valence-corrected chi connectivity index (χ0v) is 8.47. The molecule has 1 rings (SSSR count). The van der Waals surface area contributed by atoms with Crippen LogP contribution < -0.4 is 5.69 Å². The zero-order valence-electron chi connectivity index (χ0n) is 8.47. The van der Waals surface area contributed by atoms with E-state index in [1.54, 1.807) is 14.2 Å². The number of aryl methyl sites for hydroxylation is 1. The molecule has 0 aromatic carbocycles. The molecule has 1 heterocycles. The summed E-state index contributed by atoms with van der Waals surface area (Å²) in [6.45, 7) is 2.05. The molecule has 1 aromatic heterocycles. The molecule has 1 aromatic rings. The van der Waals surface area contributed by atoms with Crippen molar-refractivity contribution in [3.8, 4) is 0 Å². The molecule has 0 radical (unpaired) electrons. The fraction of sp³-hybridized carbons (Fsp3) is 0.750. The summed E-state index contributed by atoms with van der Waals surface area (Å²) in [5.74, 6) is 0. The molecule has 14 heavy (non-hydrogen) atoms. The third-order valence-corrected chi connectivity index (χ3v) is 1.77. The lowest BCUT2D eigenvalue weighted by molar-refractivity contribution is 0.0650. The van der Waals surface area contributed by atoms with E-state index in [4.69, 9.17) is 9.47 Å². The fourth-order valence-electron chi connectivity index (χ4n) is 0.969. The van der Waals surface area contributed by atoms with Crippen molar-refractivity contribution in [2.45, 2.75) is 6.54 Å². The van der Waals surface area contributed by atoms with Crippen molar-refractivity contribution in [2.24, 2.45) is 7.05 Å². The van der Waals surface area contributed by atoms with Crippen molar-refractivity contribution in [3.63, 3.8) is 0 Å². The normalized spacial score (nSPS) is 10.7. The summed E-state index contributed by atoms with van der Waals surface area (Å²) in [6, 6.07) is 0. The molecule has 80 valence electrons. The van der Waals surface area contributed by atoms with Crippen LogP contribution in [0, 0.1) is 0 Å². The van der Waals surface area contributed by atoms with Gasteiger partial charge >= 0.3 is 5.69 Å². The van der Waals surface area contributed by atoms with Gasteiger partial charge in [-0.05, 0) is 0 Å². The second-order valence-electron chi connectivity index (χ2n) is 2.85. The zero-order chi connectivity index (χ0) is 10.4. The highest BCUT2D eigenvalue weighted by molar-refractivity contribution is 4.64. The van der Waals surface area contributed by atoms with E-state index in [0.717, 1.165) is 0 Å². The van der Waals surface area contributed by atoms with Crippen molar-refractivity contribution in [3.05, 3.63) is 16.8 Å². The van der Waals surface area contributed by atoms with Crippen LogP contribution in [0.2, 0.25) is 0 Å². The molecule has 0 atom stereocenters. The average molecular weight is 201 g/mol. The van der Waals surface area contributed by atoms with Gasteiger partial charge in [-0.1, -0.05) is 0 Å². The van der Waals surface area contributed by atoms with Crippen LogP contribution >= 0.6 is 0 Å². The van der Waals surface area contributed by atoms with E-state index in [-0.39, 0.29) is 5.69 Å². The molecule has 0 bridgehead atoms. The molecule has 0 fully saturated rings. The Hall–Kier alpha value is -1.14. The number of hydrogen-bond donors (Lipinski definition) is 0. The first-order chi connectivity index (χ1) is 6.75. The van der Waals surface area contributed by atoms with E-state index in [9.17, 15) is 4.79 Å². The topological polar surface area (TPSA) is 58.3 Å². The maximum absolute atomic E-state index is 11.3. The van der Waals surface area contributed by atoms with E-state index in [0.29, 0.717) is 26.4 Å². The SMILES string of the molecule is COCCOCCn1ncn(C)c1=O. The van der Waals surface area contributed by atoms with Crippen LogP contribution in [0.4, 0.5) is 0 Å². The number of aromatic nitrogens is 3. The van der Waals surface area contributed by atoms with Gasteiger partial charge in [0.25, 0.3) is 0 Å². The first kappa shape index (κ1) is 10.9. The number of methoxy groups -OCH3 is 1. The second-order valence-corrected chi connectivity index (χ2v) is 2.85. The molecule has 0 saturated carbocycles. The summed E-state index contributed by atoms with van der Waals surface area (Å²) in [4.78, 5) is 11.3. The quantitative estimate of drug-likeness (QED) is 0.568. The lowest BCUT2D eigenvalue weighted by atomic mass is 10.7. The van der Waals surface area contributed by atoms with Crippen molar-refractivity contribution in [2.75, 3.05) is 26.9 Å². The Morgan fingerprint density at radius 1 is 1.43 bits per heavy atom. The average Bonchev–Trinajstić information content (AvgIpc) is 2.49. The molecule has 0 saturated heterocycles. The van der Waals surface area contributed by atoms with E-state index in [1.807, 2.05) is 0 Å². The van der Waals surface area contributed by atoms with Gasteiger partial charge in [-0.2, -0.15) is 5.10 Å². The Morgan fingerprint density at radius 3 is 2.79 bits per heavy atom. The lowest BCUT2D eigenvalue weighted by Gasteiger charge is -2.02. The van der Waals surface area contributed by atoms with Crippen LogP contribution in [0.25, 0.3) is 0 Å². The van der Waals surface area contributed by atoms with E-state index in [2.05, 4.69) is 5.10 Å². The monoisotopic (exact) mass is 201 g/mol. The summed E-state index contributed by atoms with van der Waals surface area (Å²) < 4.78 is 12.8. The fourth-order valence-corrected chi connectivity index (χ4v) is 0.969. The van der Waals surface area contributed by atoms with E-state index < -0.39 is 0 Å². The van der Waals surface area contributed by atoms with Crippen LogP contribution in [-0.2, 0) is 23.1 Å². The summed E-state index contributed by atoms with van der Waals surface area (Å²) in [7, 11) is 3.28. The van der Waals surface area contributed by atoms with Gasteiger partial charge in [0.05, 0.1) is 26.4 Å². The van der Waals surface area contributed by atoms with Crippen LogP contribution in [0.1, 0.15) is 0 Å². The van der Waals surface area contributed by atoms with Crippen molar-refractivity contribution < 1.29 is 9.47 Å². The second kappa shape index (κ2) is 5.56. The minimum absolute atomic E-state index is 0.125. The number of ether oxygens (including phenoxy) is 2. The third-order valence-electron chi connectivity index (χ3n) is 1.77. The highest BCUT2D eigenvalue weighted by Crippen LogP contribution is 1.80. The lowest BCUT2D eigenvalue weighted by Crippen LogP contribution is -2.25. The van der Waals surface area contributed by atoms with Crippen LogP contribution in [0.15, 0.2) is 11.1 Å². The molecule has 0 amide bonds. The van der Waals surface area contributed by atoms with Crippen LogP contribution in [0.5, 0.6) is 0 Å². The molecule has 6 nitrogen and oxygen atoms in total. The van der Waals surface area contributed by atoms with Gasteiger partial charge in [-0.3, -0.25) is 4.57 Å². The minimum Gasteiger partial charge on any atom is -0.382 e. The maximum Gasteiger partial charge on any atom is 0.345 e. The molecule has 0 unspecified atom stereocenters. The molecule has 0 aliphatic heterocycles. The summed E-state index contributed by atoms with van der Waals surface area (Å²) in [5.41, 5.74) is -0.125. The largest absolute Gasteiger partial charge is 0.382 e. The van der Waals surface area contributed by atoms with Gasteiger partial charge in [-0.15, -0.1) is 0 Å². The first-order valence-electron chi connectivity index (χ1n) is 4.41. The Labute approximate surface area is 82.0 Å². The Bertz CT molecular complexity index is 318. The Morgan fingerprint density at radius 2 is 2.21 bits per heavy atom. The van der Waals surface area contributed by atoms with Crippen molar-refractivity contribution in [1.29, 1.82) is 0 Å². The van der Waals surface area contributed by atoms with Gasteiger partial charge in [0, 0.05) is 14.2 Å². The molecule has 0 aliphatic rings. The molecule has 0 spiro atoms. The predicted molar refractivity (Wildman–Crippen MR) is 50.2 cm³/mol. The van der Waals surface area contributed by atoms with Gasteiger partial charge in [0.1, 0.15) is 6.33 Å². The van der Waals surface area contributed by atoms with E-state index in [1.165, 1.54) is 15.6 Å². The van der Waals surface area contributed by atoms with Crippen molar-refractivity contribution >= 4 is 0 Å². The van der Waals surface area contributed by atoms with Gasteiger partial charge in [0.2, 0.25) is 0 Å². The number of nitrogens with zero attached hydrogens (tertiary/aromatic N) is 3. The summed E-state index contributed by atoms with van der Waals surface area (Å²) in [5, 5.41) is 3.89. The highest BCUT2D eigenvalue weighted by atomic mass is 16.5. The van der Waals surface area contributed by atoms with Crippen LogP contribution in [0.3, 0.4) is 0 Å². The number of hydrogen-bond acceptors (Lipinski definition) is 4. The molecule has 0 N–H and O–H groups in total. The summed E-state index contributed by atoms with van der Waals surface area (Å²) >= 11 is 0. The Kier molecular flexibility index (Phi) is 4.34. The first-order valence-corrected chi connectivity index (χ1v) is 4.41. The van der Waals surface area contributed by atoms with Gasteiger partial charge < -0.3 is 9.47 Å². The van der Waals surface area contributed by atoms with Crippen molar-refractivity contribution in [1.82, 2.24) is 14.3 Å². The Balaban J connectivity index is 2.25. The standard InChI is InChI=1S/C8H15N3O3/c1-10-7-9-11(8(10)12)3-4-14-6-5-13-2/h7H,3-6H2,1-2H3. The van der Waals surface area contributed by atoms with E-state index >= 15 is 0 Å². The predicted octanol–water partition coefficient (Wildman–Crippen LogP) is -0.755. The minimum atomic E-state index is -0.125. The smallest absolute Gasteiger partial charge is 0.345 e. The molecule has 0 aliphatic carbocycles.